The fourth-order valence-electron chi connectivity index (χ4n) is 2.56. The van der Waals surface area contributed by atoms with Gasteiger partial charge in [0, 0.05) is 73.7 Å². The summed E-state index contributed by atoms with van der Waals surface area (Å²) in [5.41, 5.74) is -1.97. The predicted molar refractivity (Wildman–Crippen MR) is 177 cm³/mol. The summed E-state index contributed by atoms with van der Waals surface area (Å²) >= 11 is 0. The van der Waals surface area contributed by atoms with E-state index in [0.717, 1.165) is 102 Å². The van der Waals surface area contributed by atoms with Crippen molar-refractivity contribution in [3.63, 3.8) is 0 Å². The lowest BCUT2D eigenvalue weighted by Gasteiger charge is -1.89. The smallest absolute Gasteiger partial charge is 0.372 e. The molecule has 0 bridgehead atoms. The number of carbonyl (C=O) groups is 6. The Balaban J connectivity index is 0.000000405. The van der Waals surface area contributed by atoms with Crippen LogP contribution in [-0.4, -0.2) is 138 Å². The van der Waals surface area contributed by atoms with Crippen molar-refractivity contribution in [2.24, 2.45) is 0 Å². The molecule has 3 heterocycles. The Kier molecular flexibility index (Phi) is 18.9. The fraction of sp³-hybridized carbons (Fsp3) is 0.222. The van der Waals surface area contributed by atoms with Gasteiger partial charge in [0.15, 0.2) is 0 Å². The highest BCUT2D eigenvalue weighted by Gasteiger charge is 2.05. The maximum atomic E-state index is 11.6. The first-order chi connectivity index (χ1) is 25.7. The van der Waals surface area contributed by atoms with Crippen molar-refractivity contribution in [1.82, 2.24) is 59.4 Å². The molecule has 54 heavy (non-hydrogen) atoms. The number of aromatic nitrogens is 12. The number of carbonyl (C=O) groups excluding carboxylic acids is 6. The number of tetrazole rings is 3. The molecule has 288 valence electrons. The van der Waals surface area contributed by atoms with E-state index in [1.807, 2.05) is 0 Å². The van der Waals surface area contributed by atoms with Gasteiger partial charge in [-0.15, -0.1) is 0 Å². The number of hydrogen-bond acceptors (Lipinski definition) is 21. The Morgan fingerprint density at radius 2 is 0.463 bits per heavy atom. The molecule has 0 saturated heterocycles. The van der Waals surface area contributed by atoms with Crippen molar-refractivity contribution in [3.05, 3.63) is 67.9 Å². The standard InChI is InChI=1S/3C9H10N4O5/c3*1-17-7(14)3-5-12-9(16)13(11-10-12)6-4-8(15)18-2/h3*3-6H,1-2H3/b5-3+,6-4+;5-3-,6-4+;5-3-,6-4-. The second kappa shape index (κ2) is 23.3. The Morgan fingerprint density at radius 3 is 0.574 bits per heavy atom. The minimum Gasteiger partial charge on any atom is -0.466 e. The zero-order valence-corrected chi connectivity index (χ0v) is 28.9. The average Bonchev–Trinajstić information content (AvgIpc) is 3.86. The third-order valence-electron chi connectivity index (χ3n) is 5.19. The van der Waals surface area contributed by atoms with Crippen LogP contribution in [0, 0.1) is 0 Å². The largest absolute Gasteiger partial charge is 0.466 e. The van der Waals surface area contributed by atoms with Gasteiger partial charge < -0.3 is 28.4 Å². The van der Waals surface area contributed by atoms with E-state index in [1.54, 1.807) is 0 Å². The second-order valence-corrected chi connectivity index (χ2v) is 8.49. The molecule has 27 heteroatoms. The minimum absolute atomic E-state index is 0.637. The summed E-state index contributed by atoms with van der Waals surface area (Å²) in [6, 6.07) is 0. The van der Waals surface area contributed by atoms with E-state index in [-0.39, 0.29) is 0 Å². The number of rotatable bonds is 12. The van der Waals surface area contributed by atoms with Gasteiger partial charge in [0.1, 0.15) is 0 Å². The van der Waals surface area contributed by atoms with Gasteiger partial charge >= 0.3 is 52.9 Å². The van der Waals surface area contributed by atoms with Crippen molar-refractivity contribution in [3.8, 4) is 0 Å². The van der Waals surface area contributed by atoms with Gasteiger partial charge in [0.25, 0.3) is 0 Å². The monoisotopic (exact) mass is 762 g/mol. The average molecular weight is 763 g/mol. The molecule has 3 aromatic rings. The second-order valence-electron chi connectivity index (χ2n) is 8.49. The zero-order valence-electron chi connectivity index (χ0n) is 28.9. The van der Waals surface area contributed by atoms with Crippen LogP contribution in [0.3, 0.4) is 0 Å². The van der Waals surface area contributed by atoms with E-state index in [2.05, 4.69) is 59.7 Å². The van der Waals surface area contributed by atoms with Gasteiger partial charge in [0.05, 0.1) is 42.7 Å². The third kappa shape index (κ3) is 15.2. The van der Waals surface area contributed by atoms with Crippen LogP contribution in [0.25, 0.3) is 37.2 Å². The topological polar surface area (TPSA) is 316 Å². The Labute approximate surface area is 300 Å². The van der Waals surface area contributed by atoms with Crippen molar-refractivity contribution in [2.45, 2.75) is 0 Å². The minimum atomic E-state index is -0.657. The summed E-state index contributed by atoms with van der Waals surface area (Å²) in [6.45, 7) is 0. The summed E-state index contributed by atoms with van der Waals surface area (Å²) in [6.07, 6.45) is 12.5. The molecule has 0 aliphatic rings. The van der Waals surface area contributed by atoms with Crippen LogP contribution in [0.2, 0.25) is 0 Å². The highest BCUT2D eigenvalue weighted by molar-refractivity contribution is 5.86. The predicted octanol–water partition coefficient (Wildman–Crippen LogP) is -3.82. The molecular formula is C27H30N12O15. The van der Waals surface area contributed by atoms with Crippen LogP contribution in [0.5, 0.6) is 0 Å². The van der Waals surface area contributed by atoms with Crippen molar-refractivity contribution < 1.29 is 57.2 Å². The first-order valence-corrected chi connectivity index (χ1v) is 13.9. The molecule has 0 spiro atoms. The Bertz CT molecular complexity index is 1760. The van der Waals surface area contributed by atoms with Gasteiger partial charge in [-0.3, -0.25) is 0 Å². The molecule has 3 rings (SSSR count). The molecule has 0 unspecified atom stereocenters. The Morgan fingerprint density at radius 1 is 0.333 bits per heavy atom. The maximum absolute atomic E-state index is 11.6. The molecule has 0 aliphatic carbocycles. The summed E-state index contributed by atoms with van der Waals surface area (Å²) < 4.78 is 30.9. The highest BCUT2D eigenvalue weighted by Crippen LogP contribution is 1.87. The van der Waals surface area contributed by atoms with Crippen molar-refractivity contribution in [2.75, 3.05) is 42.7 Å². The first kappa shape index (κ1) is 43.9. The van der Waals surface area contributed by atoms with Crippen LogP contribution in [0.4, 0.5) is 0 Å². The fourth-order valence-corrected chi connectivity index (χ4v) is 2.56. The molecule has 0 aliphatic heterocycles. The Hall–Kier alpha value is -8.13. The lowest BCUT2D eigenvalue weighted by Crippen LogP contribution is -2.19. The van der Waals surface area contributed by atoms with Gasteiger partial charge in [-0.1, -0.05) is 0 Å². The highest BCUT2D eigenvalue weighted by atomic mass is 16.5. The molecule has 0 atom stereocenters. The summed E-state index contributed by atoms with van der Waals surface area (Å²) in [5.74, 6) is -3.82. The molecule has 0 radical (unpaired) electrons. The lowest BCUT2D eigenvalue weighted by molar-refractivity contribution is -0.135. The molecule has 0 saturated carbocycles. The molecule has 0 amide bonds. The maximum Gasteiger partial charge on any atom is 0.372 e. The first-order valence-electron chi connectivity index (χ1n) is 13.9. The summed E-state index contributed by atoms with van der Waals surface area (Å²) in [5, 5.41) is 20.7. The molecule has 0 aromatic carbocycles. The lowest BCUT2D eigenvalue weighted by atomic mass is 10.6. The summed E-state index contributed by atoms with van der Waals surface area (Å²) in [4.78, 5) is 99.5. The number of esters is 6. The van der Waals surface area contributed by atoms with Crippen molar-refractivity contribution >= 4 is 73.0 Å². The number of methoxy groups -OCH3 is 6. The third-order valence-corrected chi connectivity index (χ3v) is 5.19. The number of hydrogen-bond donors (Lipinski definition) is 0. The van der Waals surface area contributed by atoms with E-state index in [0.29, 0.717) is 0 Å². The molecular weight excluding hydrogens is 732 g/mol. The van der Waals surface area contributed by atoms with Crippen LogP contribution in [-0.2, 0) is 57.2 Å². The van der Waals surface area contributed by atoms with Crippen LogP contribution >= 0.6 is 0 Å². The van der Waals surface area contributed by atoms with E-state index < -0.39 is 52.9 Å². The van der Waals surface area contributed by atoms with E-state index >= 15 is 0 Å². The van der Waals surface area contributed by atoms with Crippen LogP contribution < -0.4 is 17.1 Å². The quantitative estimate of drug-likeness (QED) is 0.0969. The van der Waals surface area contributed by atoms with Gasteiger partial charge in [-0.05, 0) is 31.3 Å². The van der Waals surface area contributed by atoms with Crippen molar-refractivity contribution in [1.29, 1.82) is 0 Å². The van der Waals surface area contributed by atoms with Crippen LogP contribution in [0.15, 0.2) is 50.8 Å². The van der Waals surface area contributed by atoms with Gasteiger partial charge in [-0.25, -0.2) is 43.2 Å². The zero-order chi connectivity index (χ0) is 40.6. The van der Waals surface area contributed by atoms with Crippen LogP contribution in [0.1, 0.15) is 0 Å². The molecule has 27 nitrogen and oxygen atoms in total. The van der Waals surface area contributed by atoms with E-state index in [1.165, 1.54) is 42.7 Å². The van der Waals surface area contributed by atoms with E-state index in [4.69, 9.17) is 0 Å². The molecule has 3 aromatic heterocycles. The van der Waals surface area contributed by atoms with Gasteiger partial charge in [-0.2, -0.15) is 28.1 Å². The normalized spacial score (nSPS) is 11.0. The number of ether oxygens (including phenoxy) is 6. The van der Waals surface area contributed by atoms with Gasteiger partial charge in [0.2, 0.25) is 0 Å². The van der Waals surface area contributed by atoms with E-state index in [9.17, 15) is 43.2 Å². The molecule has 0 N–H and O–H groups in total. The SMILES string of the molecule is COC(=O)/C=C/n1nnn(/C=C/C(=O)OC)c1=O.COC(=O)/C=C\n1nnn(/C=C/C(=O)OC)c1=O.COC(=O)/C=C\n1nnn(/C=C\C(=O)OC)c1=O. The number of nitrogens with zero attached hydrogens (tertiary/aromatic N) is 12. The molecule has 0 fully saturated rings. The summed E-state index contributed by atoms with van der Waals surface area (Å²) in [7, 11) is 7.20.